The van der Waals surface area contributed by atoms with Crippen LogP contribution in [0.15, 0.2) is 72.3 Å². The van der Waals surface area contributed by atoms with E-state index in [9.17, 15) is 33.0 Å². The maximum absolute atomic E-state index is 13.3. The van der Waals surface area contributed by atoms with Gasteiger partial charge in [0, 0.05) is 12.1 Å². The van der Waals surface area contributed by atoms with E-state index in [2.05, 4.69) is 0 Å². The van der Waals surface area contributed by atoms with Crippen LogP contribution in [0.25, 0.3) is 5.76 Å². The smallest absolute Gasteiger partial charge is 0.416 e. The van der Waals surface area contributed by atoms with Crippen LogP contribution >= 0.6 is 11.6 Å². The zero-order valence-electron chi connectivity index (χ0n) is 19.4. The highest BCUT2D eigenvalue weighted by atomic mass is 35.5. The number of carbonyl (C=O) groups excluding carboxylic acids is 2. The molecule has 1 aliphatic rings. The van der Waals surface area contributed by atoms with E-state index >= 15 is 0 Å². The number of alkyl halides is 3. The van der Waals surface area contributed by atoms with Crippen LogP contribution in [-0.2, 0) is 22.3 Å². The Morgan fingerprint density at radius 2 is 1.76 bits per heavy atom. The lowest BCUT2D eigenvalue weighted by molar-refractivity contribution is -0.140. The number of aliphatic hydroxyl groups is 1. The molecular formula is C27H21ClF3NO5. The second-order valence-corrected chi connectivity index (χ2v) is 8.70. The molecule has 1 aliphatic heterocycles. The summed E-state index contributed by atoms with van der Waals surface area (Å²) in [7, 11) is 0. The van der Waals surface area contributed by atoms with Gasteiger partial charge in [-0.25, -0.2) is 0 Å². The number of ketones is 1. The van der Waals surface area contributed by atoms with Crippen molar-refractivity contribution in [2.24, 2.45) is 0 Å². The summed E-state index contributed by atoms with van der Waals surface area (Å²) in [6.07, 6.45) is -4.59. The number of phenols is 1. The first-order valence-electron chi connectivity index (χ1n) is 11.2. The minimum atomic E-state index is -4.59. The van der Waals surface area contributed by atoms with Crippen molar-refractivity contribution < 1.29 is 37.7 Å². The summed E-state index contributed by atoms with van der Waals surface area (Å²) in [4.78, 5) is 27.4. The molecule has 3 aromatic rings. The van der Waals surface area contributed by atoms with E-state index in [0.29, 0.717) is 12.2 Å². The number of benzene rings is 3. The summed E-state index contributed by atoms with van der Waals surface area (Å²) in [5.41, 5.74) is -0.483. The number of likely N-dealkylation sites (tertiary alicyclic amines) is 1. The molecule has 1 fully saturated rings. The number of ether oxygens (including phenoxy) is 1. The predicted molar refractivity (Wildman–Crippen MR) is 130 cm³/mol. The Labute approximate surface area is 215 Å². The van der Waals surface area contributed by atoms with Crippen LogP contribution in [0.1, 0.15) is 35.2 Å². The molecule has 0 radical (unpaired) electrons. The minimum absolute atomic E-state index is 0.0716. The average Bonchev–Trinajstić information content (AvgIpc) is 3.10. The summed E-state index contributed by atoms with van der Waals surface area (Å²) in [5.74, 6) is -2.31. The van der Waals surface area contributed by atoms with E-state index in [0.717, 1.165) is 17.0 Å². The molecular weight excluding hydrogens is 511 g/mol. The molecule has 4 rings (SSSR count). The molecule has 1 unspecified atom stereocenters. The maximum Gasteiger partial charge on any atom is 0.416 e. The fourth-order valence-electron chi connectivity index (χ4n) is 4.16. The van der Waals surface area contributed by atoms with Crippen molar-refractivity contribution in [3.05, 3.63) is 99.6 Å². The number of phenolic OH excluding ortho intramolecular Hbond substituents is 1. The van der Waals surface area contributed by atoms with Gasteiger partial charge in [-0.05, 0) is 60.5 Å². The summed E-state index contributed by atoms with van der Waals surface area (Å²) in [6.45, 7) is 1.70. The molecule has 0 spiro atoms. The highest BCUT2D eigenvalue weighted by molar-refractivity contribution is 6.46. The van der Waals surface area contributed by atoms with Crippen molar-refractivity contribution in [1.82, 2.24) is 4.90 Å². The molecule has 37 heavy (non-hydrogen) atoms. The van der Waals surface area contributed by atoms with E-state index in [4.69, 9.17) is 16.3 Å². The number of hydrogen-bond acceptors (Lipinski definition) is 5. The number of hydrogen-bond donors (Lipinski definition) is 2. The molecule has 10 heteroatoms. The molecule has 0 aromatic heterocycles. The van der Waals surface area contributed by atoms with Crippen molar-refractivity contribution in [2.45, 2.75) is 25.7 Å². The zero-order valence-corrected chi connectivity index (χ0v) is 20.2. The Balaban J connectivity index is 1.84. The minimum Gasteiger partial charge on any atom is -0.508 e. The number of aromatic hydroxyl groups is 1. The van der Waals surface area contributed by atoms with Crippen LogP contribution in [0.4, 0.5) is 13.2 Å². The first-order valence-corrected chi connectivity index (χ1v) is 11.5. The van der Waals surface area contributed by atoms with Crippen molar-refractivity contribution in [2.75, 3.05) is 6.61 Å². The molecule has 192 valence electrons. The van der Waals surface area contributed by atoms with E-state index in [-0.39, 0.29) is 39.8 Å². The molecule has 1 amide bonds. The van der Waals surface area contributed by atoms with Crippen molar-refractivity contribution in [3.63, 3.8) is 0 Å². The SMILES string of the molecule is CCOc1cc(/C(O)=C2\C(=O)C(=O)N(Cc3cccc(C(F)(F)F)c3)C2c2ccc(O)cc2)ccc1Cl. The Morgan fingerprint density at radius 1 is 1.05 bits per heavy atom. The number of nitrogens with zero attached hydrogens (tertiary/aromatic N) is 1. The van der Waals surface area contributed by atoms with Gasteiger partial charge in [-0.3, -0.25) is 9.59 Å². The Hall–Kier alpha value is -3.98. The van der Waals surface area contributed by atoms with Crippen LogP contribution in [0.5, 0.6) is 11.5 Å². The van der Waals surface area contributed by atoms with Gasteiger partial charge in [0.15, 0.2) is 0 Å². The lowest BCUT2D eigenvalue weighted by Gasteiger charge is -2.26. The molecule has 1 saturated heterocycles. The quantitative estimate of drug-likeness (QED) is 0.228. The summed E-state index contributed by atoms with van der Waals surface area (Å²) in [5, 5.41) is 21.2. The number of amides is 1. The maximum atomic E-state index is 13.3. The van der Waals surface area contributed by atoms with Gasteiger partial charge in [0.2, 0.25) is 0 Å². The van der Waals surface area contributed by atoms with Gasteiger partial charge in [-0.15, -0.1) is 0 Å². The number of aliphatic hydroxyl groups excluding tert-OH is 1. The molecule has 0 aliphatic carbocycles. The molecule has 0 saturated carbocycles. The van der Waals surface area contributed by atoms with Crippen LogP contribution in [0.2, 0.25) is 5.02 Å². The van der Waals surface area contributed by atoms with Crippen LogP contribution in [0, 0.1) is 0 Å². The van der Waals surface area contributed by atoms with Crippen molar-refractivity contribution >= 4 is 29.1 Å². The molecule has 2 N–H and O–H groups in total. The van der Waals surface area contributed by atoms with Crippen LogP contribution < -0.4 is 4.74 Å². The molecule has 3 aromatic carbocycles. The third-order valence-corrected chi connectivity index (χ3v) is 6.17. The van der Waals surface area contributed by atoms with E-state index in [1.807, 2.05) is 0 Å². The van der Waals surface area contributed by atoms with Crippen LogP contribution in [0.3, 0.4) is 0 Å². The lowest BCUT2D eigenvalue weighted by atomic mass is 9.95. The normalized spacial score (nSPS) is 17.3. The standard InChI is InChI=1S/C27H21ClF3NO5/c1-2-37-21-13-17(8-11-20(21)28)24(34)22-23(16-6-9-19(33)10-7-16)32(26(36)25(22)35)14-15-4-3-5-18(12-15)27(29,30)31/h3-13,23,33-34H,2,14H2,1H3/b24-22+. The summed E-state index contributed by atoms with van der Waals surface area (Å²) >= 11 is 6.13. The number of carbonyl (C=O) groups is 2. The second kappa shape index (κ2) is 10.2. The van der Waals surface area contributed by atoms with Crippen molar-refractivity contribution in [1.29, 1.82) is 0 Å². The number of rotatable bonds is 6. The molecule has 1 atom stereocenters. The second-order valence-electron chi connectivity index (χ2n) is 8.29. The van der Waals surface area contributed by atoms with Gasteiger partial charge < -0.3 is 19.8 Å². The Kier molecular flexibility index (Phi) is 7.18. The number of halogens is 4. The lowest BCUT2D eigenvalue weighted by Crippen LogP contribution is -2.29. The van der Waals surface area contributed by atoms with Crippen LogP contribution in [-0.4, -0.2) is 33.4 Å². The zero-order chi connectivity index (χ0) is 26.9. The van der Waals surface area contributed by atoms with Gasteiger partial charge in [0.25, 0.3) is 11.7 Å². The number of Topliss-reactive ketones (excluding diaryl/α,β-unsaturated/α-hetero) is 1. The largest absolute Gasteiger partial charge is 0.508 e. The Morgan fingerprint density at radius 3 is 2.41 bits per heavy atom. The summed E-state index contributed by atoms with van der Waals surface area (Å²) in [6, 6.07) is 13.3. The third kappa shape index (κ3) is 5.27. The first kappa shape index (κ1) is 26.1. The monoisotopic (exact) mass is 531 g/mol. The summed E-state index contributed by atoms with van der Waals surface area (Å²) < 4.78 is 45.2. The predicted octanol–water partition coefficient (Wildman–Crippen LogP) is 6.09. The van der Waals surface area contributed by atoms with Gasteiger partial charge in [0.05, 0.1) is 28.8 Å². The molecule has 1 heterocycles. The fraction of sp³-hybridized carbons (Fsp3) is 0.185. The van der Waals surface area contributed by atoms with Gasteiger partial charge in [0.1, 0.15) is 17.3 Å². The van der Waals surface area contributed by atoms with E-state index < -0.39 is 35.2 Å². The highest BCUT2D eigenvalue weighted by Gasteiger charge is 2.46. The van der Waals surface area contributed by atoms with Gasteiger partial charge in [-0.1, -0.05) is 35.9 Å². The van der Waals surface area contributed by atoms with Crippen molar-refractivity contribution in [3.8, 4) is 11.5 Å². The topological polar surface area (TPSA) is 87.1 Å². The fourth-order valence-corrected chi connectivity index (χ4v) is 4.33. The first-order chi connectivity index (χ1) is 17.5. The third-order valence-electron chi connectivity index (χ3n) is 5.86. The molecule has 6 nitrogen and oxygen atoms in total. The molecule has 0 bridgehead atoms. The Bertz CT molecular complexity index is 1390. The highest BCUT2D eigenvalue weighted by Crippen LogP contribution is 2.42. The average molecular weight is 532 g/mol. The van der Waals surface area contributed by atoms with Gasteiger partial charge >= 0.3 is 6.18 Å². The van der Waals surface area contributed by atoms with E-state index in [1.54, 1.807) is 6.92 Å². The van der Waals surface area contributed by atoms with Gasteiger partial charge in [-0.2, -0.15) is 13.2 Å². The van der Waals surface area contributed by atoms with E-state index in [1.165, 1.54) is 54.6 Å².